The highest BCUT2D eigenvalue weighted by Crippen LogP contribution is 2.38. The first kappa shape index (κ1) is 45.4. The highest BCUT2D eigenvalue weighted by molar-refractivity contribution is 6.03. The number of ether oxygens (including phenoxy) is 1. The van der Waals surface area contributed by atoms with E-state index in [-0.39, 0.29) is 18.1 Å². The number of nitrogens with two attached hydrogens (primary N) is 2. The number of anilines is 2. The monoisotopic (exact) mass is 845 g/mol. The Labute approximate surface area is 361 Å². The Kier molecular flexibility index (Phi) is 14.8. The number of quaternary nitrogens is 1. The van der Waals surface area contributed by atoms with Crippen LogP contribution < -0.4 is 27.0 Å². The number of aliphatic hydroxyl groups is 2. The number of carbonyl (C=O) groups excluding carboxylic acids is 2. The predicted molar refractivity (Wildman–Crippen MR) is 241 cm³/mol. The number of primary amides is 2. The van der Waals surface area contributed by atoms with Crippen molar-refractivity contribution in [2.75, 3.05) is 50.6 Å². The van der Waals surface area contributed by atoms with Gasteiger partial charge in [0.1, 0.15) is 19.2 Å². The van der Waals surface area contributed by atoms with Gasteiger partial charge in [-0.25, -0.2) is 9.03 Å². The van der Waals surface area contributed by atoms with Crippen LogP contribution in [0.4, 0.5) is 11.4 Å². The molecule has 0 bridgehead atoms. The van der Waals surface area contributed by atoms with Gasteiger partial charge in [0.15, 0.2) is 0 Å². The van der Waals surface area contributed by atoms with Crippen LogP contribution in [-0.2, 0) is 4.74 Å². The zero-order chi connectivity index (χ0) is 43.2. The molecular weight excluding hydrogens is 787 g/mol. The lowest BCUT2D eigenvalue weighted by atomic mass is 10.0. The van der Waals surface area contributed by atoms with Gasteiger partial charge in [-0.1, -0.05) is 49.1 Å². The van der Waals surface area contributed by atoms with Gasteiger partial charge in [0.25, 0.3) is 11.8 Å². The first-order valence-corrected chi connectivity index (χ1v) is 21.1. The van der Waals surface area contributed by atoms with E-state index in [1.54, 1.807) is 26.2 Å². The number of rotatable bonds is 13. The molecule has 62 heavy (non-hydrogen) atoms. The third kappa shape index (κ3) is 10.9. The van der Waals surface area contributed by atoms with Crippen molar-refractivity contribution in [1.82, 2.24) is 19.2 Å². The van der Waals surface area contributed by atoms with Crippen molar-refractivity contribution in [3.8, 4) is 22.3 Å². The van der Waals surface area contributed by atoms with Crippen LogP contribution in [0, 0.1) is 11.8 Å². The number of aliphatic hydroxyl groups excluding tert-OH is 2. The molecule has 15 heteroatoms. The topological polar surface area (TPSA) is 229 Å². The summed E-state index contributed by atoms with van der Waals surface area (Å²) in [5.74, 6) is 0.279. The van der Waals surface area contributed by atoms with Crippen molar-refractivity contribution in [1.29, 1.82) is 0 Å². The summed E-state index contributed by atoms with van der Waals surface area (Å²) in [5.41, 5.74) is 20.6. The molecule has 2 saturated carbocycles. The van der Waals surface area contributed by atoms with Gasteiger partial charge in [-0.3, -0.25) is 9.59 Å². The van der Waals surface area contributed by atoms with Gasteiger partial charge in [0.05, 0.1) is 72.8 Å². The number of amides is 2. The van der Waals surface area contributed by atoms with Gasteiger partial charge in [0, 0.05) is 35.6 Å². The number of morpholine rings is 1. The molecule has 2 amide bonds. The summed E-state index contributed by atoms with van der Waals surface area (Å²) in [6.45, 7) is 12.0. The Morgan fingerprint density at radius 3 is 1.73 bits per heavy atom. The van der Waals surface area contributed by atoms with E-state index in [0.29, 0.717) is 40.3 Å². The van der Waals surface area contributed by atoms with E-state index < -0.39 is 17.9 Å². The Morgan fingerprint density at radius 2 is 1.31 bits per heavy atom. The predicted octanol–water partition coefficient (Wildman–Crippen LogP) is 4.64. The summed E-state index contributed by atoms with van der Waals surface area (Å²) in [6, 6.07) is 20.1. The van der Waals surface area contributed by atoms with E-state index in [1.165, 1.54) is 45.0 Å². The molecule has 2 aromatic carbocycles. The van der Waals surface area contributed by atoms with E-state index >= 15 is 0 Å². The quantitative estimate of drug-likeness (QED) is 0.0852. The second kappa shape index (κ2) is 20.2. The normalized spacial score (nSPS) is 16.4. The maximum Gasteiger partial charge on any atom is 0.252 e. The lowest BCUT2D eigenvalue weighted by Gasteiger charge is -2.18. The molecule has 0 spiro atoms. The summed E-state index contributed by atoms with van der Waals surface area (Å²) in [6.07, 6.45) is 12.6. The first-order chi connectivity index (χ1) is 29.4. The number of carbonyl (C=O) groups is 2. The molecule has 3 atom stereocenters. The van der Waals surface area contributed by atoms with Gasteiger partial charge in [-0.2, -0.15) is 10.2 Å². The van der Waals surface area contributed by atoms with Crippen molar-refractivity contribution < 1.29 is 34.9 Å². The fourth-order valence-electron chi connectivity index (χ4n) is 7.59. The molecule has 2 aliphatic carbocycles. The third-order valence-electron chi connectivity index (χ3n) is 11.8. The number of benzene rings is 2. The first-order valence-electron chi connectivity index (χ1n) is 21.1. The summed E-state index contributed by atoms with van der Waals surface area (Å²) in [4.78, 5) is 25.4. The Bertz CT molecular complexity index is 2500. The van der Waals surface area contributed by atoms with Crippen LogP contribution >= 0.6 is 0 Å². The van der Waals surface area contributed by atoms with Gasteiger partial charge in [-0.05, 0) is 97.9 Å². The Morgan fingerprint density at radius 1 is 0.823 bits per heavy atom. The van der Waals surface area contributed by atoms with Crippen LogP contribution in [-0.4, -0.2) is 98.8 Å². The van der Waals surface area contributed by atoms with Crippen molar-refractivity contribution in [2.24, 2.45) is 23.3 Å². The fourth-order valence-corrected chi connectivity index (χ4v) is 7.59. The molecule has 6 aromatic rings. The molecule has 10 N–H and O–H groups in total. The van der Waals surface area contributed by atoms with Crippen LogP contribution in [0.25, 0.3) is 39.4 Å². The fraction of sp³-hybridized carbons (Fsp3) is 0.362. The van der Waals surface area contributed by atoms with E-state index in [1.807, 2.05) is 60.9 Å². The number of aromatic nitrogens is 4. The van der Waals surface area contributed by atoms with Crippen molar-refractivity contribution in [2.45, 2.75) is 57.7 Å². The van der Waals surface area contributed by atoms with E-state index in [9.17, 15) is 19.8 Å². The molecule has 1 aliphatic heterocycles. The van der Waals surface area contributed by atoms with Crippen molar-refractivity contribution in [3.05, 3.63) is 114 Å². The number of hydrogen-bond donors (Lipinski definition) is 7. The summed E-state index contributed by atoms with van der Waals surface area (Å²) >= 11 is 0. The van der Waals surface area contributed by atoms with Crippen molar-refractivity contribution in [3.63, 3.8) is 0 Å². The molecule has 1 unspecified atom stereocenters. The minimum atomic E-state index is -0.923. The number of nitrogens with one attached hydrogen (secondary N) is 3. The summed E-state index contributed by atoms with van der Waals surface area (Å²) < 4.78 is 8.64. The molecule has 15 nitrogen and oxygen atoms in total. The van der Waals surface area contributed by atoms with Gasteiger partial charge in [0.2, 0.25) is 0 Å². The largest absolute Gasteiger partial charge is 0.870 e. The standard InChI is InChI=1S/C21H24N4O3.C21H22N4O.C5H11NO.H2O/c1-12(13-5-6-13)24-20-17(21(22)28)9-23-25-10-16(8-18(20)25)14-3-2-4-15(7-14)19(27)11-26;1-3-14-5-4-6-16(9-14)17-10-19-20(24-13(2)15-7-8-15)18(21(22)26)11-23-25(19)12-17;1-6-2-4-7-5-3-6;/h2-4,7-10,12-13,19,24,26-27H,5-6,11H2,1H3,(H2,22,28);3-6,9-13,15,24H,1,7-8H2,2H3,(H2,22,26);2-5H2,1H3;1H2/t12-,19?;13-;;/m11../s1. The van der Waals surface area contributed by atoms with Gasteiger partial charge >= 0.3 is 0 Å². The van der Waals surface area contributed by atoms with E-state index in [2.05, 4.69) is 60.4 Å². The molecule has 3 fully saturated rings. The van der Waals surface area contributed by atoms with Crippen LogP contribution in [0.2, 0.25) is 0 Å². The number of likely N-dealkylation sites (N-methyl/N-ethyl adjacent to an activating group) is 1. The van der Waals surface area contributed by atoms with Crippen molar-refractivity contribution >= 4 is 40.3 Å². The van der Waals surface area contributed by atoms with Crippen LogP contribution in [0.5, 0.6) is 0 Å². The second-order valence-corrected chi connectivity index (χ2v) is 16.5. The zero-order valence-corrected chi connectivity index (χ0v) is 35.6. The lowest BCUT2D eigenvalue weighted by molar-refractivity contribution is -0.888. The highest BCUT2D eigenvalue weighted by atomic mass is 16.5. The number of hydrogen-bond acceptors (Lipinski definition) is 10. The van der Waals surface area contributed by atoms with E-state index in [4.69, 9.17) is 16.2 Å². The van der Waals surface area contributed by atoms with Gasteiger partial charge < -0.3 is 47.4 Å². The van der Waals surface area contributed by atoms with E-state index in [0.717, 1.165) is 57.8 Å². The molecule has 0 radical (unpaired) electrons. The molecule has 5 heterocycles. The molecular formula is C47H59N9O6. The lowest BCUT2D eigenvalue weighted by Crippen LogP contribution is -3.11. The third-order valence-corrected chi connectivity index (χ3v) is 11.8. The molecule has 4 aromatic heterocycles. The van der Waals surface area contributed by atoms with Crippen LogP contribution in [0.15, 0.2) is 92.0 Å². The average Bonchev–Trinajstić information content (AvgIpc) is 4.21. The minimum absolute atomic E-state index is 0. The molecule has 9 rings (SSSR count). The average molecular weight is 846 g/mol. The molecule has 1 saturated heterocycles. The Hall–Kier alpha value is -6.10. The maximum absolute atomic E-state index is 11.9. The maximum atomic E-state index is 11.9. The highest BCUT2D eigenvalue weighted by Gasteiger charge is 2.30. The molecule has 328 valence electrons. The Balaban J connectivity index is 0.000000177. The molecule has 3 aliphatic rings. The number of nitrogens with zero attached hydrogens (tertiary/aromatic N) is 4. The number of fused-ring (bicyclic) bond motifs is 2. The second-order valence-electron chi connectivity index (χ2n) is 16.5. The van der Waals surface area contributed by atoms with Gasteiger partial charge in [-0.15, -0.1) is 0 Å². The van der Waals surface area contributed by atoms with Crippen LogP contribution in [0.1, 0.15) is 77.5 Å². The smallest absolute Gasteiger partial charge is 0.252 e. The minimum Gasteiger partial charge on any atom is -0.870 e. The zero-order valence-electron chi connectivity index (χ0n) is 35.6. The SMILES string of the molecule is C=Cc1cccc(-c2cc3c(N[C@H](C)C4CC4)c(C(N)=O)cnn3c2)c1.C[C@@H](Nc1c(C(N)=O)cnn2cc(-c3cccc(C(O)CO)c3)cc12)C1CC1.C[NH+]1CCOCC1.[OH-]. The summed E-state index contributed by atoms with van der Waals surface area (Å²) in [7, 11) is 2.20. The van der Waals surface area contributed by atoms with Crippen LogP contribution in [0.3, 0.4) is 0 Å². The summed E-state index contributed by atoms with van der Waals surface area (Å²) in [5, 5.41) is 34.8.